The summed E-state index contributed by atoms with van der Waals surface area (Å²) in [6.07, 6.45) is 7.93. The van der Waals surface area contributed by atoms with E-state index in [9.17, 15) is 9.18 Å². The molecule has 2 saturated heterocycles. The van der Waals surface area contributed by atoms with Gasteiger partial charge in [0.25, 0.3) is 5.91 Å². The highest BCUT2D eigenvalue weighted by Gasteiger charge is 2.32. The van der Waals surface area contributed by atoms with Gasteiger partial charge in [0.05, 0.1) is 30.0 Å². The number of nitrogens with zero attached hydrogens (tertiary/aromatic N) is 7. The first-order valence-corrected chi connectivity index (χ1v) is 11.7. The lowest BCUT2D eigenvalue weighted by atomic mass is 9.98. The van der Waals surface area contributed by atoms with E-state index in [1.54, 1.807) is 6.20 Å². The molecule has 0 aliphatic carbocycles. The van der Waals surface area contributed by atoms with Crippen LogP contribution in [0.2, 0.25) is 0 Å². The maximum atomic E-state index is 13.3. The number of rotatable bonds is 5. The summed E-state index contributed by atoms with van der Waals surface area (Å²) in [7, 11) is 0. The van der Waals surface area contributed by atoms with Gasteiger partial charge in [-0.3, -0.25) is 9.48 Å². The summed E-state index contributed by atoms with van der Waals surface area (Å²) in [4.78, 5) is 22.3. The Balaban J connectivity index is 1.42. The number of nitrogens with two attached hydrogens (primary N) is 1. The van der Waals surface area contributed by atoms with Gasteiger partial charge in [-0.2, -0.15) is 10.2 Å². The van der Waals surface area contributed by atoms with Crippen LogP contribution >= 0.6 is 0 Å². The zero-order chi connectivity index (χ0) is 23.1. The Hall–Kier alpha value is -3.01. The van der Waals surface area contributed by atoms with Gasteiger partial charge >= 0.3 is 0 Å². The Kier molecular flexibility index (Phi) is 5.77. The number of hydrogen-bond acceptors (Lipinski definition) is 6. The van der Waals surface area contributed by atoms with E-state index in [4.69, 9.17) is 15.8 Å². The summed E-state index contributed by atoms with van der Waals surface area (Å²) >= 11 is 0. The van der Waals surface area contributed by atoms with Crippen molar-refractivity contribution in [2.75, 3.05) is 24.5 Å². The monoisotopic (exact) mass is 454 g/mol. The van der Waals surface area contributed by atoms with E-state index >= 15 is 0 Å². The second-order valence-electron chi connectivity index (χ2n) is 9.36. The molecule has 3 aromatic rings. The average molecular weight is 455 g/mol. The first-order valence-electron chi connectivity index (χ1n) is 11.7. The van der Waals surface area contributed by atoms with Crippen LogP contribution in [0.15, 0.2) is 24.7 Å². The number of likely N-dealkylation sites (tertiary alicyclic amines) is 1. The van der Waals surface area contributed by atoms with Crippen LogP contribution in [0.4, 0.5) is 10.2 Å². The molecule has 9 nitrogen and oxygen atoms in total. The van der Waals surface area contributed by atoms with E-state index in [-0.39, 0.29) is 24.5 Å². The van der Waals surface area contributed by atoms with Crippen molar-refractivity contribution in [3.63, 3.8) is 0 Å². The number of carbonyl (C=O) groups is 1. The largest absolute Gasteiger partial charge is 0.355 e. The molecule has 33 heavy (non-hydrogen) atoms. The maximum absolute atomic E-state index is 13.3. The molecule has 3 atom stereocenters. The number of halogens is 1. The fourth-order valence-corrected chi connectivity index (χ4v) is 4.96. The Labute approximate surface area is 192 Å². The van der Waals surface area contributed by atoms with Gasteiger partial charge in [-0.05, 0) is 39.5 Å². The predicted octanol–water partition coefficient (Wildman–Crippen LogP) is 2.50. The van der Waals surface area contributed by atoms with Crippen molar-refractivity contribution in [3.8, 4) is 0 Å². The Morgan fingerprint density at radius 2 is 2.12 bits per heavy atom. The Bertz CT molecular complexity index is 1150. The predicted molar refractivity (Wildman–Crippen MR) is 123 cm³/mol. The molecule has 5 heterocycles. The SMILES string of the molecule is Cc1cn2nc([C@@H]3CCCCN3C(=O)c3cnn(CC(C)F)c3)cc2nc1N1CC[C@H](N)C1. The van der Waals surface area contributed by atoms with Crippen LogP contribution in [-0.4, -0.2) is 67.0 Å². The van der Waals surface area contributed by atoms with Crippen molar-refractivity contribution in [3.05, 3.63) is 41.5 Å². The molecular weight excluding hydrogens is 423 g/mol. The molecule has 0 radical (unpaired) electrons. The number of amides is 1. The van der Waals surface area contributed by atoms with Crippen molar-refractivity contribution < 1.29 is 9.18 Å². The smallest absolute Gasteiger partial charge is 0.257 e. The van der Waals surface area contributed by atoms with E-state index in [1.807, 2.05) is 28.6 Å². The van der Waals surface area contributed by atoms with Gasteiger partial charge < -0.3 is 15.5 Å². The van der Waals surface area contributed by atoms with E-state index in [0.717, 1.165) is 61.5 Å². The summed E-state index contributed by atoms with van der Waals surface area (Å²) in [6, 6.07) is 2.05. The fourth-order valence-electron chi connectivity index (χ4n) is 4.96. The van der Waals surface area contributed by atoms with Gasteiger partial charge in [-0.15, -0.1) is 0 Å². The van der Waals surface area contributed by atoms with Crippen LogP contribution in [0, 0.1) is 6.92 Å². The van der Waals surface area contributed by atoms with Crippen molar-refractivity contribution in [1.29, 1.82) is 0 Å². The number of carbonyl (C=O) groups excluding carboxylic acids is 1. The summed E-state index contributed by atoms with van der Waals surface area (Å²) < 4.78 is 16.6. The van der Waals surface area contributed by atoms with Gasteiger partial charge in [0, 0.05) is 49.7 Å². The maximum Gasteiger partial charge on any atom is 0.257 e. The van der Waals surface area contributed by atoms with Crippen LogP contribution in [0.25, 0.3) is 5.65 Å². The molecule has 0 aromatic carbocycles. The topological polar surface area (TPSA) is 97.6 Å². The molecule has 2 N–H and O–H groups in total. The lowest BCUT2D eigenvalue weighted by Crippen LogP contribution is -2.38. The van der Waals surface area contributed by atoms with Gasteiger partial charge in [-0.25, -0.2) is 13.9 Å². The molecule has 176 valence electrons. The van der Waals surface area contributed by atoms with E-state index < -0.39 is 6.17 Å². The van der Waals surface area contributed by atoms with E-state index in [0.29, 0.717) is 12.1 Å². The molecule has 0 bridgehead atoms. The Morgan fingerprint density at radius 3 is 2.88 bits per heavy atom. The lowest BCUT2D eigenvalue weighted by Gasteiger charge is -2.34. The van der Waals surface area contributed by atoms with Crippen LogP contribution in [0.3, 0.4) is 0 Å². The summed E-state index contributed by atoms with van der Waals surface area (Å²) in [5.41, 5.74) is 9.24. The van der Waals surface area contributed by atoms with Crippen molar-refractivity contribution >= 4 is 17.4 Å². The number of fused-ring (bicyclic) bond motifs is 1. The van der Waals surface area contributed by atoms with Crippen LogP contribution in [0.1, 0.15) is 60.3 Å². The number of hydrogen-bond donors (Lipinski definition) is 1. The summed E-state index contributed by atoms with van der Waals surface area (Å²) in [5.74, 6) is 0.860. The van der Waals surface area contributed by atoms with Gasteiger partial charge in [-0.1, -0.05) is 0 Å². The molecule has 3 aromatic heterocycles. The normalized spacial score (nSPS) is 22.3. The minimum Gasteiger partial charge on any atom is -0.355 e. The second kappa shape index (κ2) is 8.74. The quantitative estimate of drug-likeness (QED) is 0.636. The molecule has 0 saturated carbocycles. The molecule has 5 rings (SSSR count). The highest BCUT2D eigenvalue weighted by atomic mass is 19.1. The van der Waals surface area contributed by atoms with E-state index in [2.05, 4.69) is 10.00 Å². The minimum absolute atomic E-state index is 0.0922. The molecule has 1 unspecified atom stereocenters. The van der Waals surface area contributed by atoms with Crippen LogP contribution in [-0.2, 0) is 6.54 Å². The van der Waals surface area contributed by atoms with Crippen LogP contribution in [0.5, 0.6) is 0 Å². The fraction of sp³-hybridized carbons (Fsp3) is 0.565. The zero-order valence-corrected chi connectivity index (χ0v) is 19.2. The highest BCUT2D eigenvalue weighted by Crippen LogP contribution is 2.32. The number of aryl methyl sites for hydroxylation is 1. The van der Waals surface area contributed by atoms with Crippen molar-refractivity contribution in [2.45, 2.75) is 64.3 Å². The molecule has 2 aliphatic heterocycles. The molecule has 2 fully saturated rings. The van der Waals surface area contributed by atoms with Gasteiger partial charge in [0.15, 0.2) is 5.65 Å². The second-order valence-corrected chi connectivity index (χ2v) is 9.36. The third-order valence-corrected chi connectivity index (χ3v) is 6.57. The third kappa shape index (κ3) is 4.31. The summed E-state index contributed by atoms with van der Waals surface area (Å²) in [6.45, 7) is 6.03. The number of anilines is 1. The standard InChI is InChI=1S/C23H31FN8O/c1-15-11-32-21(27-22(15)29-8-6-18(25)14-29)9-19(28-32)20-5-3-4-7-31(20)23(33)17-10-26-30(13-17)12-16(2)24/h9-11,13,16,18,20H,3-8,12,14,25H2,1-2H3/t16?,18-,20-/m0/s1. The molecule has 10 heteroatoms. The van der Waals surface area contributed by atoms with Gasteiger partial charge in [0.2, 0.25) is 0 Å². The minimum atomic E-state index is -1.02. The number of piperidine rings is 1. The first-order chi connectivity index (χ1) is 15.9. The third-order valence-electron chi connectivity index (χ3n) is 6.57. The molecule has 0 spiro atoms. The highest BCUT2D eigenvalue weighted by molar-refractivity contribution is 5.94. The summed E-state index contributed by atoms with van der Waals surface area (Å²) in [5, 5.41) is 8.95. The average Bonchev–Trinajstić information content (AvgIpc) is 3.52. The molecule has 2 aliphatic rings. The number of aromatic nitrogens is 5. The molecular formula is C23H31FN8O. The molecule has 1 amide bonds. The van der Waals surface area contributed by atoms with E-state index in [1.165, 1.54) is 17.8 Å². The van der Waals surface area contributed by atoms with Gasteiger partial charge in [0.1, 0.15) is 12.0 Å². The van der Waals surface area contributed by atoms with Crippen LogP contribution < -0.4 is 10.6 Å². The van der Waals surface area contributed by atoms with Crippen molar-refractivity contribution in [2.24, 2.45) is 5.73 Å². The first kappa shape index (κ1) is 21.8. The Morgan fingerprint density at radius 1 is 1.27 bits per heavy atom. The number of alkyl halides is 1. The lowest BCUT2D eigenvalue weighted by molar-refractivity contribution is 0.0605. The van der Waals surface area contributed by atoms with Crippen molar-refractivity contribution in [1.82, 2.24) is 29.3 Å². The zero-order valence-electron chi connectivity index (χ0n) is 19.2.